The molecule has 5 nitrogen and oxygen atoms in total. The molecule has 2 heterocycles. The normalized spacial score (nSPS) is 18.8. The fraction of sp³-hybridized carbons (Fsp3) is 0.333. The van der Waals surface area contributed by atoms with Gasteiger partial charge < -0.3 is 15.2 Å². The molecule has 1 unspecified atom stereocenters. The molecular weight excluding hydrogens is 252 g/mol. The number of carbonyl (C=O) groups is 1. The van der Waals surface area contributed by atoms with Crippen LogP contribution in [0.25, 0.3) is 5.69 Å². The molecule has 1 aromatic carbocycles. The van der Waals surface area contributed by atoms with Crippen LogP contribution in [0.4, 0.5) is 0 Å². The van der Waals surface area contributed by atoms with Gasteiger partial charge in [-0.15, -0.1) is 0 Å². The molecule has 0 radical (unpaired) electrons. The van der Waals surface area contributed by atoms with Crippen molar-refractivity contribution in [3.63, 3.8) is 0 Å². The summed E-state index contributed by atoms with van der Waals surface area (Å²) in [5.41, 5.74) is 8.02. The fourth-order valence-corrected chi connectivity index (χ4v) is 2.67. The number of hydrogen-bond donors (Lipinski definition) is 1. The van der Waals surface area contributed by atoms with E-state index in [1.54, 1.807) is 6.20 Å². The average molecular weight is 270 g/mol. The zero-order chi connectivity index (χ0) is 14.1. The molecule has 20 heavy (non-hydrogen) atoms. The molecule has 2 aromatic rings. The minimum absolute atomic E-state index is 0.0374. The first-order valence-corrected chi connectivity index (χ1v) is 6.77. The lowest BCUT2D eigenvalue weighted by Gasteiger charge is -2.19. The largest absolute Gasteiger partial charge is 0.337 e. The maximum atomic E-state index is 11.9. The lowest BCUT2D eigenvalue weighted by Crippen LogP contribution is -2.28. The third kappa shape index (κ3) is 2.32. The van der Waals surface area contributed by atoms with Gasteiger partial charge in [0.05, 0.1) is 5.69 Å². The van der Waals surface area contributed by atoms with E-state index >= 15 is 0 Å². The minimum atomic E-state index is -0.0374. The van der Waals surface area contributed by atoms with Crippen molar-refractivity contribution in [3.05, 3.63) is 48.0 Å². The van der Waals surface area contributed by atoms with Gasteiger partial charge in [-0.2, -0.15) is 0 Å². The van der Waals surface area contributed by atoms with Gasteiger partial charge in [-0.05, 0) is 18.6 Å². The van der Waals surface area contributed by atoms with Crippen molar-refractivity contribution >= 4 is 5.91 Å². The van der Waals surface area contributed by atoms with Crippen LogP contribution in [0.5, 0.6) is 0 Å². The van der Waals surface area contributed by atoms with Gasteiger partial charge in [-0.1, -0.05) is 18.2 Å². The Morgan fingerprint density at radius 3 is 2.85 bits per heavy atom. The molecule has 1 aromatic heterocycles. The Morgan fingerprint density at radius 1 is 1.40 bits per heavy atom. The quantitative estimate of drug-likeness (QED) is 0.912. The third-order valence-corrected chi connectivity index (χ3v) is 3.68. The summed E-state index contributed by atoms with van der Waals surface area (Å²) in [6.45, 7) is 3.20. The number of benzene rings is 1. The Morgan fingerprint density at radius 2 is 2.20 bits per heavy atom. The first kappa shape index (κ1) is 12.9. The standard InChI is InChI=1S/C15H18N4O/c1-11-17-6-7-19(11)14-5-3-2-4-12(14)9-18-10-13(16)8-15(18)20/h2-7,13H,8-10,16H2,1H3. The molecule has 1 amide bonds. The molecule has 0 saturated carbocycles. The van der Waals surface area contributed by atoms with Crippen molar-refractivity contribution in [3.8, 4) is 5.69 Å². The van der Waals surface area contributed by atoms with Gasteiger partial charge in [-0.3, -0.25) is 4.79 Å². The predicted octanol–water partition coefficient (Wildman–Crippen LogP) is 1.24. The number of para-hydroxylation sites is 1. The summed E-state index contributed by atoms with van der Waals surface area (Å²) in [7, 11) is 0. The van der Waals surface area contributed by atoms with Gasteiger partial charge in [-0.25, -0.2) is 4.98 Å². The second-order valence-electron chi connectivity index (χ2n) is 5.21. The van der Waals surface area contributed by atoms with E-state index in [2.05, 4.69) is 4.98 Å². The molecule has 5 heteroatoms. The molecule has 1 fully saturated rings. The van der Waals surface area contributed by atoms with Crippen molar-refractivity contribution in [2.45, 2.75) is 25.9 Å². The van der Waals surface area contributed by atoms with Crippen LogP contribution in [0.3, 0.4) is 0 Å². The highest BCUT2D eigenvalue weighted by Crippen LogP contribution is 2.20. The summed E-state index contributed by atoms with van der Waals surface area (Å²) >= 11 is 0. The highest BCUT2D eigenvalue weighted by molar-refractivity contribution is 5.79. The summed E-state index contributed by atoms with van der Waals surface area (Å²) in [5.74, 6) is 1.07. The number of nitrogens with zero attached hydrogens (tertiary/aromatic N) is 3. The Kier molecular flexibility index (Phi) is 3.28. The summed E-state index contributed by atoms with van der Waals surface area (Å²) < 4.78 is 2.04. The SMILES string of the molecule is Cc1nccn1-c1ccccc1CN1CC(N)CC1=O. The number of hydrogen-bond acceptors (Lipinski definition) is 3. The van der Waals surface area contributed by atoms with Crippen LogP contribution in [-0.4, -0.2) is 32.9 Å². The Bertz CT molecular complexity index is 634. The van der Waals surface area contributed by atoms with Gasteiger partial charge in [0.25, 0.3) is 0 Å². The average Bonchev–Trinajstić information content (AvgIpc) is 2.97. The molecule has 0 aliphatic carbocycles. The summed E-state index contributed by atoms with van der Waals surface area (Å²) in [5, 5.41) is 0. The summed E-state index contributed by atoms with van der Waals surface area (Å²) in [6.07, 6.45) is 4.17. The number of aryl methyl sites for hydroxylation is 1. The van der Waals surface area contributed by atoms with Crippen LogP contribution in [0.1, 0.15) is 17.8 Å². The maximum Gasteiger partial charge on any atom is 0.224 e. The number of aromatic nitrogens is 2. The molecule has 1 aliphatic rings. The van der Waals surface area contributed by atoms with E-state index < -0.39 is 0 Å². The van der Waals surface area contributed by atoms with Gasteiger partial charge in [0, 0.05) is 37.9 Å². The van der Waals surface area contributed by atoms with Crippen molar-refractivity contribution in [2.24, 2.45) is 5.73 Å². The minimum Gasteiger partial charge on any atom is -0.337 e. The molecule has 1 aliphatic heterocycles. The zero-order valence-corrected chi connectivity index (χ0v) is 11.5. The molecular formula is C15H18N4O. The van der Waals surface area contributed by atoms with Gasteiger partial charge >= 0.3 is 0 Å². The highest BCUT2D eigenvalue weighted by atomic mass is 16.2. The van der Waals surface area contributed by atoms with Crippen LogP contribution in [-0.2, 0) is 11.3 Å². The molecule has 1 saturated heterocycles. The van der Waals surface area contributed by atoms with Crippen molar-refractivity contribution in [1.82, 2.24) is 14.5 Å². The van der Waals surface area contributed by atoms with Gasteiger partial charge in [0.15, 0.2) is 0 Å². The number of rotatable bonds is 3. The molecule has 2 N–H and O–H groups in total. The van der Waals surface area contributed by atoms with Gasteiger partial charge in [0.1, 0.15) is 5.82 Å². The van der Waals surface area contributed by atoms with E-state index in [1.165, 1.54) is 0 Å². The van der Waals surface area contributed by atoms with Crippen molar-refractivity contribution < 1.29 is 4.79 Å². The van der Waals surface area contributed by atoms with Crippen LogP contribution in [0.2, 0.25) is 0 Å². The second-order valence-corrected chi connectivity index (χ2v) is 5.21. The molecule has 0 spiro atoms. The van der Waals surface area contributed by atoms with E-state index in [1.807, 2.05) is 46.9 Å². The van der Waals surface area contributed by atoms with Crippen molar-refractivity contribution in [2.75, 3.05) is 6.54 Å². The second kappa shape index (κ2) is 5.09. The molecule has 3 rings (SSSR count). The Balaban J connectivity index is 1.91. The van der Waals surface area contributed by atoms with Crippen molar-refractivity contribution in [1.29, 1.82) is 0 Å². The maximum absolute atomic E-state index is 11.9. The monoisotopic (exact) mass is 270 g/mol. The number of carbonyl (C=O) groups excluding carboxylic acids is 1. The van der Waals surface area contributed by atoms with Crippen LogP contribution < -0.4 is 5.73 Å². The smallest absolute Gasteiger partial charge is 0.224 e. The number of imidazole rings is 1. The highest BCUT2D eigenvalue weighted by Gasteiger charge is 2.27. The topological polar surface area (TPSA) is 64.2 Å². The fourth-order valence-electron chi connectivity index (χ4n) is 2.67. The molecule has 1 atom stereocenters. The summed E-state index contributed by atoms with van der Waals surface area (Å²) in [4.78, 5) is 18.0. The molecule has 104 valence electrons. The predicted molar refractivity (Wildman–Crippen MR) is 76.3 cm³/mol. The summed E-state index contributed by atoms with van der Waals surface area (Å²) in [6, 6.07) is 8.04. The third-order valence-electron chi connectivity index (χ3n) is 3.68. The number of amides is 1. The number of nitrogens with two attached hydrogens (primary N) is 1. The molecule has 0 bridgehead atoms. The van der Waals surface area contributed by atoms with Crippen LogP contribution in [0, 0.1) is 6.92 Å². The lowest BCUT2D eigenvalue weighted by atomic mass is 10.1. The Labute approximate surface area is 118 Å². The van der Waals surface area contributed by atoms with E-state index in [0.717, 1.165) is 17.1 Å². The van der Waals surface area contributed by atoms with E-state index in [-0.39, 0.29) is 11.9 Å². The van der Waals surface area contributed by atoms with E-state index in [4.69, 9.17) is 5.73 Å². The first-order valence-electron chi connectivity index (χ1n) is 6.77. The zero-order valence-electron chi connectivity index (χ0n) is 11.5. The lowest BCUT2D eigenvalue weighted by molar-refractivity contribution is -0.128. The Hall–Kier alpha value is -2.14. The first-order chi connectivity index (χ1) is 9.65. The van der Waals surface area contributed by atoms with Crippen LogP contribution >= 0.6 is 0 Å². The number of likely N-dealkylation sites (tertiary alicyclic amines) is 1. The van der Waals surface area contributed by atoms with E-state index in [0.29, 0.717) is 19.5 Å². The van der Waals surface area contributed by atoms with E-state index in [9.17, 15) is 4.79 Å². The van der Waals surface area contributed by atoms with Crippen LogP contribution in [0.15, 0.2) is 36.7 Å². The van der Waals surface area contributed by atoms with Gasteiger partial charge in [0.2, 0.25) is 5.91 Å².